The number of aryl methyl sites for hydroxylation is 1. The third kappa shape index (κ3) is 2.73. The second-order valence-corrected chi connectivity index (χ2v) is 6.28. The van der Waals surface area contributed by atoms with Gasteiger partial charge in [0.25, 0.3) is 0 Å². The number of rotatable bonds is 4. The second-order valence-electron chi connectivity index (χ2n) is 6.28. The maximum Gasteiger partial charge on any atom is 0.0485 e. The molecule has 0 saturated carbocycles. The summed E-state index contributed by atoms with van der Waals surface area (Å²) in [4.78, 5) is 4.64. The van der Waals surface area contributed by atoms with E-state index in [0.29, 0.717) is 17.9 Å². The summed E-state index contributed by atoms with van der Waals surface area (Å²) in [6.07, 6.45) is 4.26. The Labute approximate surface area is 127 Å². The first kappa shape index (κ1) is 14.3. The van der Waals surface area contributed by atoms with Gasteiger partial charge >= 0.3 is 0 Å². The van der Waals surface area contributed by atoms with E-state index in [1.807, 2.05) is 12.3 Å². The molecule has 2 unspecified atom stereocenters. The van der Waals surface area contributed by atoms with E-state index in [9.17, 15) is 0 Å². The van der Waals surface area contributed by atoms with Crippen molar-refractivity contribution in [3.05, 3.63) is 65.0 Å². The number of nitrogens with zero attached hydrogens (tertiary/aromatic N) is 1. The van der Waals surface area contributed by atoms with Gasteiger partial charge in [0.15, 0.2) is 0 Å². The average molecular weight is 280 g/mol. The third-order valence-electron chi connectivity index (χ3n) is 4.68. The van der Waals surface area contributed by atoms with E-state index in [1.165, 1.54) is 28.8 Å². The topological polar surface area (TPSA) is 24.9 Å². The predicted octanol–water partition coefficient (Wildman–Crippen LogP) is 4.20. The van der Waals surface area contributed by atoms with Crippen molar-refractivity contribution in [2.75, 3.05) is 7.05 Å². The Hall–Kier alpha value is -1.67. The molecule has 0 amide bonds. The molecule has 1 aliphatic rings. The summed E-state index contributed by atoms with van der Waals surface area (Å²) < 4.78 is 0. The molecule has 3 rings (SSSR count). The Morgan fingerprint density at radius 1 is 1.10 bits per heavy atom. The molecule has 1 N–H and O–H groups in total. The highest BCUT2D eigenvalue weighted by Crippen LogP contribution is 2.40. The lowest BCUT2D eigenvalue weighted by Gasteiger charge is -2.24. The zero-order chi connectivity index (χ0) is 14.8. The second kappa shape index (κ2) is 5.98. The van der Waals surface area contributed by atoms with E-state index in [-0.39, 0.29) is 0 Å². The van der Waals surface area contributed by atoms with Crippen LogP contribution in [0.4, 0.5) is 0 Å². The zero-order valence-electron chi connectivity index (χ0n) is 13.1. The number of fused-ring (bicyclic) bond motifs is 1. The van der Waals surface area contributed by atoms with Gasteiger partial charge in [0.1, 0.15) is 0 Å². The fourth-order valence-electron chi connectivity index (χ4n) is 3.46. The first-order chi connectivity index (χ1) is 10.2. The van der Waals surface area contributed by atoms with Gasteiger partial charge in [-0.25, -0.2) is 0 Å². The standard InChI is InChI=1S/C19H24N2/c1-13(2)14-6-8-16(9-7-14)18(20-3)17-11-10-15-5-4-12-21-19(15)17/h4-9,12-13,17-18,20H,10-11H2,1-3H3. The van der Waals surface area contributed by atoms with Crippen molar-refractivity contribution in [3.63, 3.8) is 0 Å². The van der Waals surface area contributed by atoms with Crippen molar-refractivity contribution in [3.8, 4) is 0 Å². The molecule has 0 aliphatic heterocycles. The van der Waals surface area contributed by atoms with Gasteiger partial charge in [-0.3, -0.25) is 4.98 Å². The van der Waals surface area contributed by atoms with Crippen LogP contribution in [0.2, 0.25) is 0 Å². The first-order valence-corrected chi connectivity index (χ1v) is 7.91. The molecule has 2 aromatic rings. The molecule has 0 fully saturated rings. The molecule has 0 spiro atoms. The van der Waals surface area contributed by atoms with Gasteiger partial charge in [-0.2, -0.15) is 0 Å². The van der Waals surface area contributed by atoms with Gasteiger partial charge in [0.05, 0.1) is 0 Å². The van der Waals surface area contributed by atoms with Crippen LogP contribution in [0.25, 0.3) is 0 Å². The van der Waals surface area contributed by atoms with E-state index in [0.717, 1.165) is 6.42 Å². The van der Waals surface area contributed by atoms with Crippen LogP contribution in [-0.2, 0) is 6.42 Å². The van der Waals surface area contributed by atoms with E-state index in [2.05, 4.69) is 61.5 Å². The molecule has 1 aromatic heterocycles. The van der Waals surface area contributed by atoms with E-state index in [1.54, 1.807) is 0 Å². The van der Waals surface area contributed by atoms with Crippen LogP contribution < -0.4 is 5.32 Å². The van der Waals surface area contributed by atoms with Crippen LogP contribution >= 0.6 is 0 Å². The lowest BCUT2D eigenvalue weighted by Crippen LogP contribution is -2.23. The normalized spacial score (nSPS) is 18.8. The monoisotopic (exact) mass is 280 g/mol. The summed E-state index contributed by atoms with van der Waals surface area (Å²) in [6.45, 7) is 4.48. The van der Waals surface area contributed by atoms with Gasteiger partial charge in [0, 0.05) is 23.9 Å². The summed E-state index contributed by atoms with van der Waals surface area (Å²) in [7, 11) is 2.06. The van der Waals surface area contributed by atoms with E-state index in [4.69, 9.17) is 0 Å². The van der Waals surface area contributed by atoms with E-state index >= 15 is 0 Å². The Bertz CT molecular complexity index is 601. The van der Waals surface area contributed by atoms with Crippen molar-refractivity contribution in [2.45, 2.75) is 44.6 Å². The molecule has 1 aromatic carbocycles. The molecule has 0 radical (unpaired) electrons. The number of pyridine rings is 1. The average Bonchev–Trinajstić information content (AvgIpc) is 2.93. The number of hydrogen-bond acceptors (Lipinski definition) is 2. The zero-order valence-corrected chi connectivity index (χ0v) is 13.1. The number of benzene rings is 1. The Morgan fingerprint density at radius 2 is 1.81 bits per heavy atom. The summed E-state index contributed by atoms with van der Waals surface area (Å²) in [5.41, 5.74) is 5.47. The Kier molecular flexibility index (Phi) is 4.07. The van der Waals surface area contributed by atoms with E-state index < -0.39 is 0 Å². The van der Waals surface area contributed by atoms with Gasteiger partial charge in [-0.05, 0) is 48.6 Å². The molecule has 2 heteroatoms. The largest absolute Gasteiger partial charge is 0.312 e. The van der Waals surface area contributed by atoms with Gasteiger partial charge in [-0.1, -0.05) is 44.2 Å². The third-order valence-corrected chi connectivity index (χ3v) is 4.68. The summed E-state index contributed by atoms with van der Waals surface area (Å²) >= 11 is 0. The SMILES string of the molecule is CNC(c1ccc(C(C)C)cc1)C1CCc2cccnc21. The van der Waals surface area contributed by atoms with Crippen molar-refractivity contribution in [1.82, 2.24) is 10.3 Å². The number of hydrogen-bond donors (Lipinski definition) is 1. The molecule has 1 aliphatic carbocycles. The van der Waals surface area contributed by atoms with Crippen molar-refractivity contribution < 1.29 is 0 Å². The van der Waals surface area contributed by atoms with Gasteiger partial charge < -0.3 is 5.32 Å². The minimum Gasteiger partial charge on any atom is -0.312 e. The lowest BCUT2D eigenvalue weighted by molar-refractivity contribution is 0.470. The van der Waals surface area contributed by atoms with Crippen LogP contribution in [0.1, 0.15) is 60.5 Å². The van der Waals surface area contributed by atoms with Crippen LogP contribution in [0.3, 0.4) is 0 Å². The quantitative estimate of drug-likeness (QED) is 0.908. The van der Waals surface area contributed by atoms with Crippen LogP contribution in [0.15, 0.2) is 42.6 Å². The summed E-state index contributed by atoms with van der Waals surface area (Å²) in [6, 6.07) is 13.7. The summed E-state index contributed by atoms with van der Waals surface area (Å²) in [5.74, 6) is 1.07. The molecule has 0 saturated heterocycles. The molecule has 2 atom stereocenters. The summed E-state index contributed by atoms with van der Waals surface area (Å²) in [5, 5.41) is 3.51. The lowest BCUT2D eigenvalue weighted by atomic mass is 9.89. The highest BCUT2D eigenvalue weighted by Gasteiger charge is 2.30. The fraction of sp³-hybridized carbons (Fsp3) is 0.421. The number of nitrogens with one attached hydrogen (secondary N) is 1. The minimum absolute atomic E-state index is 0.349. The van der Waals surface area contributed by atoms with Crippen molar-refractivity contribution in [2.24, 2.45) is 0 Å². The highest BCUT2D eigenvalue weighted by atomic mass is 14.9. The first-order valence-electron chi connectivity index (χ1n) is 7.91. The van der Waals surface area contributed by atoms with Crippen LogP contribution in [0.5, 0.6) is 0 Å². The Balaban J connectivity index is 1.89. The maximum atomic E-state index is 4.64. The maximum absolute atomic E-state index is 4.64. The molecular weight excluding hydrogens is 256 g/mol. The molecule has 110 valence electrons. The Morgan fingerprint density at radius 3 is 2.48 bits per heavy atom. The molecule has 21 heavy (non-hydrogen) atoms. The predicted molar refractivity (Wildman–Crippen MR) is 87.6 cm³/mol. The fourth-order valence-corrected chi connectivity index (χ4v) is 3.46. The van der Waals surface area contributed by atoms with Crippen LogP contribution in [0, 0.1) is 0 Å². The van der Waals surface area contributed by atoms with Gasteiger partial charge in [0.2, 0.25) is 0 Å². The molecule has 2 nitrogen and oxygen atoms in total. The smallest absolute Gasteiger partial charge is 0.0485 e. The van der Waals surface area contributed by atoms with Crippen molar-refractivity contribution in [1.29, 1.82) is 0 Å². The molecular formula is C19H24N2. The van der Waals surface area contributed by atoms with Crippen molar-refractivity contribution >= 4 is 0 Å². The number of aromatic nitrogens is 1. The molecule has 1 heterocycles. The highest BCUT2D eigenvalue weighted by molar-refractivity contribution is 5.35. The molecule has 0 bridgehead atoms. The van der Waals surface area contributed by atoms with Gasteiger partial charge in [-0.15, -0.1) is 0 Å². The number of likely N-dealkylation sites (N-methyl/N-ethyl adjacent to an activating group) is 1. The minimum atomic E-state index is 0.349. The van der Waals surface area contributed by atoms with Crippen LogP contribution in [-0.4, -0.2) is 12.0 Å².